The SMILES string of the molecule is CCOc1ccc(C(c2nnnn2C(C)(C)CC)N2CCN(c3ccccc3F)CC2)cc1. The van der Waals surface area contributed by atoms with Gasteiger partial charge in [0.05, 0.1) is 23.9 Å². The third-order valence-corrected chi connectivity index (χ3v) is 6.56. The smallest absolute Gasteiger partial charge is 0.173 e. The molecule has 2 heterocycles. The average Bonchev–Trinajstić information content (AvgIpc) is 3.32. The van der Waals surface area contributed by atoms with Gasteiger partial charge in [-0.15, -0.1) is 5.10 Å². The first-order chi connectivity index (χ1) is 15.9. The van der Waals surface area contributed by atoms with Gasteiger partial charge < -0.3 is 9.64 Å². The van der Waals surface area contributed by atoms with E-state index in [9.17, 15) is 4.39 Å². The van der Waals surface area contributed by atoms with Crippen molar-refractivity contribution in [3.8, 4) is 5.75 Å². The van der Waals surface area contributed by atoms with E-state index in [0.717, 1.165) is 49.7 Å². The first kappa shape index (κ1) is 23.2. The molecular formula is C25H33FN6O. The van der Waals surface area contributed by atoms with Gasteiger partial charge in [0.2, 0.25) is 0 Å². The number of piperazine rings is 1. The highest BCUT2D eigenvalue weighted by Gasteiger charge is 2.34. The molecule has 1 fully saturated rings. The Bertz CT molecular complexity index is 1040. The molecule has 0 amide bonds. The number of para-hydroxylation sites is 1. The number of nitrogens with zero attached hydrogens (tertiary/aromatic N) is 6. The van der Waals surface area contributed by atoms with Gasteiger partial charge in [0.15, 0.2) is 5.82 Å². The lowest BCUT2D eigenvalue weighted by Crippen LogP contribution is -2.49. The van der Waals surface area contributed by atoms with Crippen molar-refractivity contribution in [2.24, 2.45) is 0 Å². The molecule has 4 rings (SSSR count). The third-order valence-electron chi connectivity index (χ3n) is 6.56. The van der Waals surface area contributed by atoms with Crippen LogP contribution >= 0.6 is 0 Å². The Balaban J connectivity index is 1.65. The summed E-state index contributed by atoms with van der Waals surface area (Å²) in [5, 5.41) is 12.9. The van der Waals surface area contributed by atoms with Gasteiger partial charge in [-0.05, 0) is 67.4 Å². The minimum Gasteiger partial charge on any atom is -0.494 e. The summed E-state index contributed by atoms with van der Waals surface area (Å²) < 4.78 is 21.9. The van der Waals surface area contributed by atoms with Crippen molar-refractivity contribution in [1.29, 1.82) is 0 Å². The molecule has 3 aromatic rings. The lowest BCUT2D eigenvalue weighted by Gasteiger charge is -2.40. The summed E-state index contributed by atoms with van der Waals surface area (Å²) in [5.74, 6) is 1.49. The first-order valence-electron chi connectivity index (χ1n) is 11.7. The molecule has 0 spiro atoms. The fourth-order valence-corrected chi connectivity index (χ4v) is 4.31. The Labute approximate surface area is 195 Å². The van der Waals surface area contributed by atoms with Crippen molar-refractivity contribution >= 4 is 5.69 Å². The molecule has 176 valence electrons. The lowest BCUT2D eigenvalue weighted by atomic mass is 9.99. The van der Waals surface area contributed by atoms with Crippen LogP contribution in [0.5, 0.6) is 5.75 Å². The molecule has 0 saturated carbocycles. The van der Waals surface area contributed by atoms with Gasteiger partial charge >= 0.3 is 0 Å². The normalized spacial score (nSPS) is 16.1. The summed E-state index contributed by atoms with van der Waals surface area (Å²) >= 11 is 0. The highest BCUT2D eigenvalue weighted by molar-refractivity contribution is 5.48. The molecule has 0 N–H and O–H groups in total. The molecule has 8 heteroatoms. The van der Waals surface area contributed by atoms with Gasteiger partial charge in [-0.1, -0.05) is 31.2 Å². The predicted octanol–water partition coefficient (Wildman–Crippen LogP) is 4.27. The number of hydrogen-bond donors (Lipinski definition) is 0. The van der Waals surface area contributed by atoms with E-state index >= 15 is 0 Å². The van der Waals surface area contributed by atoms with Gasteiger partial charge in [-0.2, -0.15) is 0 Å². The molecule has 2 aromatic carbocycles. The third kappa shape index (κ3) is 4.85. The van der Waals surface area contributed by atoms with E-state index in [1.807, 2.05) is 35.9 Å². The van der Waals surface area contributed by atoms with Crippen LogP contribution in [0, 0.1) is 5.82 Å². The molecular weight excluding hydrogens is 419 g/mol. The maximum absolute atomic E-state index is 14.3. The zero-order valence-corrected chi connectivity index (χ0v) is 19.9. The van der Waals surface area contributed by atoms with Crippen LogP contribution in [-0.2, 0) is 5.54 Å². The van der Waals surface area contributed by atoms with Gasteiger partial charge in [0.25, 0.3) is 0 Å². The second-order valence-corrected chi connectivity index (χ2v) is 8.99. The maximum atomic E-state index is 14.3. The molecule has 33 heavy (non-hydrogen) atoms. The van der Waals surface area contributed by atoms with Crippen LogP contribution in [0.1, 0.15) is 51.5 Å². The highest BCUT2D eigenvalue weighted by Crippen LogP contribution is 2.33. The van der Waals surface area contributed by atoms with Crippen molar-refractivity contribution in [3.63, 3.8) is 0 Å². The first-order valence-corrected chi connectivity index (χ1v) is 11.7. The van der Waals surface area contributed by atoms with E-state index in [2.05, 4.69) is 58.2 Å². The number of anilines is 1. The van der Waals surface area contributed by atoms with Crippen LogP contribution in [0.25, 0.3) is 0 Å². The molecule has 7 nitrogen and oxygen atoms in total. The molecule has 0 aliphatic carbocycles. The van der Waals surface area contributed by atoms with E-state index in [4.69, 9.17) is 4.74 Å². The van der Waals surface area contributed by atoms with Gasteiger partial charge in [-0.3, -0.25) is 4.90 Å². The van der Waals surface area contributed by atoms with Gasteiger partial charge in [0.1, 0.15) is 11.6 Å². The van der Waals surface area contributed by atoms with Crippen molar-refractivity contribution in [2.75, 3.05) is 37.7 Å². The summed E-state index contributed by atoms with van der Waals surface area (Å²) in [7, 11) is 0. The number of hydrogen-bond acceptors (Lipinski definition) is 6. The zero-order chi connectivity index (χ0) is 23.4. The molecule has 1 unspecified atom stereocenters. The second-order valence-electron chi connectivity index (χ2n) is 8.99. The second kappa shape index (κ2) is 9.87. The largest absolute Gasteiger partial charge is 0.494 e. The van der Waals surface area contributed by atoms with Crippen molar-refractivity contribution in [2.45, 2.75) is 45.7 Å². The number of benzene rings is 2. The number of ether oxygens (including phenoxy) is 1. The summed E-state index contributed by atoms with van der Waals surface area (Å²) in [6, 6.07) is 15.1. The minimum atomic E-state index is -0.211. The fourth-order valence-electron chi connectivity index (χ4n) is 4.31. The van der Waals surface area contributed by atoms with Gasteiger partial charge in [0, 0.05) is 26.2 Å². The van der Waals surface area contributed by atoms with Crippen LogP contribution in [0.15, 0.2) is 48.5 Å². The van der Waals surface area contributed by atoms with Gasteiger partial charge in [-0.25, -0.2) is 9.07 Å². The molecule has 1 aromatic heterocycles. The summed E-state index contributed by atoms with van der Waals surface area (Å²) in [4.78, 5) is 4.50. The fraction of sp³-hybridized carbons (Fsp3) is 0.480. The van der Waals surface area contributed by atoms with Crippen molar-refractivity contribution in [3.05, 3.63) is 65.7 Å². The molecule has 0 bridgehead atoms. The zero-order valence-electron chi connectivity index (χ0n) is 19.9. The molecule has 1 saturated heterocycles. The highest BCUT2D eigenvalue weighted by atomic mass is 19.1. The van der Waals surface area contributed by atoms with Crippen LogP contribution in [0.4, 0.5) is 10.1 Å². The average molecular weight is 453 g/mol. The van der Waals surface area contributed by atoms with Crippen LogP contribution < -0.4 is 9.64 Å². The standard InChI is InChI=1S/C25H33FN6O/c1-5-25(3,4)32-24(27-28-29-32)23(19-11-13-20(14-12-19)33-6-2)31-17-15-30(16-18-31)22-10-8-7-9-21(22)26/h7-14,23H,5-6,15-18H2,1-4H3. The van der Waals surface area contributed by atoms with E-state index in [-0.39, 0.29) is 17.4 Å². The van der Waals surface area contributed by atoms with E-state index in [1.54, 1.807) is 6.07 Å². The Morgan fingerprint density at radius 3 is 2.33 bits per heavy atom. The maximum Gasteiger partial charge on any atom is 0.173 e. The Hall–Kier alpha value is -3.00. The van der Waals surface area contributed by atoms with Crippen LogP contribution in [-0.4, -0.2) is 57.9 Å². The van der Waals surface area contributed by atoms with Crippen LogP contribution in [0.2, 0.25) is 0 Å². The minimum absolute atomic E-state index is 0.107. The summed E-state index contributed by atoms with van der Waals surface area (Å²) in [6.07, 6.45) is 0.905. The van der Waals surface area contributed by atoms with Crippen molar-refractivity contribution < 1.29 is 9.13 Å². The topological polar surface area (TPSA) is 59.3 Å². The summed E-state index contributed by atoms with van der Waals surface area (Å²) in [6.45, 7) is 12.1. The monoisotopic (exact) mass is 452 g/mol. The molecule has 1 aliphatic rings. The quantitative estimate of drug-likeness (QED) is 0.509. The lowest BCUT2D eigenvalue weighted by molar-refractivity contribution is 0.187. The Morgan fingerprint density at radius 1 is 1.00 bits per heavy atom. The Morgan fingerprint density at radius 2 is 1.70 bits per heavy atom. The van der Waals surface area contributed by atoms with E-state index < -0.39 is 0 Å². The number of rotatable bonds is 8. The molecule has 1 atom stereocenters. The Kier molecular flexibility index (Phi) is 6.93. The number of tetrazole rings is 1. The number of aromatic nitrogens is 4. The summed E-state index contributed by atoms with van der Waals surface area (Å²) in [5.41, 5.74) is 1.56. The van der Waals surface area contributed by atoms with E-state index in [1.165, 1.54) is 6.07 Å². The van der Waals surface area contributed by atoms with E-state index in [0.29, 0.717) is 12.3 Å². The number of halogens is 1. The van der Waals surface area contributed by atoms with Crippen molar-refractivity contribution in [1.82, 2.24) is 25.1 Å². The predicted molar refractivity (Wildman–Crippen MR) is 127 cm³/mol. The molecule has 1 aliphatic heterocycles. The molecule has 0 radical (unpaired) electrons. The van der Waals surface area contributed by atoms with Crippen LogP contribution in [0.3, 0.4) is 0 Å².